The number of hydrogen-bond donors (Lipinski definition) is 0. The minimum atomic E-state index is 0.0510. The maximum absolute atomic E-state index is 12.8. The zero-order valence-corrected chi connectivity index (χ0v) is 13.2. The Morgan fingerprint density at radius 2 is 1.62 bits per heavy atom. The molecule has 0 heterocycles. The number of rotatable bonds is 5. The van der Waals surface area contributed by atoms with Crippen LogP contribution in [0.3, 0.4) is 0 Å². The van der Waals surface area contributed by atoms with Crippen LogP contribution in [0.5, 0.6) is 0 Å². The van der Waals surface area contributed by atoms with Crippen molar-refractivity contribution in [2.75, 3.05) is 12.4 Å². The number of carbonyl (C=O) groups is 1. The molecule has 0 unspecified atom stereocenters. The minimum Gasteiger partial charge on any atom is -0.333 e. The molecule has 2 aromatic carbocycles. The van der Waals surface area contributed by atoms with Crippen LogP contribution in [0.1, 0.15) is 27.0 Å². The number of halogens is 1. The summed E-state index contributed by atoms with van der Waals surface area (Å²) in [7, 11) is 0. The van der Waals surface area contributed by atoms with Crippen molar-refractivity contribution >= 4 is 17.5 Å². The number of amides is 1. The summed E-state index contributed by atoms with van der Waals surface area (Å²) in [6.45, 7) is 5.08. The molecular formula is C18H20ClNO. The summed E-state index contributed by atoms with van der Waals surface area (Å²) in [4.78, 5) is 14.7. The maximum atomic E-state index is 12.8. The summed E-state index contributed by atoms with van der Waals surface area (Å²) in [5, 5.41) is 0. The molecule has 0 radical (unpaired) electrons. The van der Waals surface area contributed by atoms with Gasteiger partial charge in [0.05, 0.1) is 0 Å². The van der Waals surface area contributed by atoms with Crippen molar-refractivity contribution in [2.45, 2.75) is 20.4 Å². The predicted octanol–water partition coefficient (Wildman–Crippen LogP) is 4.18. The molecule has 3 heteroatoms. The Morgan fingerprint density at radius 3 is 2.19 bits per heavy atom. The molecular weight excluding hydrogens is 282 g/mol. The number of hydrogen-bond acceptors (Lipinski definition) is 1. The molecule has 0 aromatic heterocycles. The smallest absolute Gasteiger partial charge is 0.254 e. The Bertz CT molecular complexity index is 590. The van der Waals surface area contributed by atoms with Crippen LogP contribution in [0.25, 0.3) is 0 Å². The molecule has 0 bridgehead atoms. The molecule has 0 fully saturated rings. The molecule has 0 saturated carbocycles. The van der Waals surface area contributed by atoms with Crippen molar-refractivity contribution in [1.29, 1.82) is 0 Å². The first kappa shape index (κ1) is 15.6. The van der Waals surface area contributed by atoms with Crippen LogP contribution in [0, 0.1) is 13.8 Å². The normalized spacial score (nSPS) is 10.4. The van der Waals surface area contributed by atoms with E-state index in [1.165, 1.54) is 0 Å². The molecule has 0 saturated heterocycles. The molecule has 0 aliphatic rings. The highest BCUT2D eigenvalue weighted by atomic mass is 35.5. The lowest BCUT2D eigenvalue weighted by Crippen LogP contribution is -2.33. The molecule has 0 spiro atoms. The molecule has 0 atom stereocenters. The van der Waals surface area contributed by atoms with Gasteiger partial charge in [-0.15, -0.1) is 11.6 Å². The minimum absolute atomic E-state index is 0.0510. The Kier molecular flexibility index (Phi) is 5.40. The Hall–Kier alpha value is -1.80. The number of alkyl halides is 1. The third-order valence-electron chi connectivity index (χ3n) is 3.55. The van der Waals surface area contributed by atoms with Gasteiger partial charge in [-0.05, 0) is 30.5 Å². The van der Waals surface area contributed by atoms with E-state index in [1.54, 1.807) is 0 Å². The summed E-state index contributed by atoms with van der Waals surface area (Å²) < 4.78 is 0. The van der Waals surface area contributed by atoms with Crippen LogP contribution in [0.2, 0.25) is 0 Å². The third-order valence-corrected chi connectivity index (χ3v) is 3.72. The lowest BCUT2D eigenvalue weighted by atomic mass is 10.0. The summed E-state index contributed by atoms with van der Waals surface area (Å²) >= 11 is 5.88. The van der Waals surface area contributed by atoms with E-state index in [4.69, 9.17) is 11.6 Å². The molecule has 2 aromatic rings. The van der Waals surface area contributed by atoms with Crippen molar-refractivity contribution in [2.24, 2.45) is 0 Å². The first-order chi connectivity index (χ1) is 10.1. The number of carbonyl (C=O) groups excluding carboxylic acids is 1. The zero-order valence-electron chi connectivity index (χ0n) is 12.5. The molecule has 0 aliphatic heterocycles. The van der Waals surface area contributed by atoms with Gasteiger partial charge in [0, 0.05) is 24.5 Å². The van der Waals surface area contributed by atoms with Gasteiger partial charge in [-0.25, -0.2) is 0 Å². The van der Waals surface area contributed by atoms with Crippen LogP contribution in [0.15, 0.2) is 48.5 Å². The second-order valence-electron chi connectivity index (χ2n) is 5.17. The Labute approximate surface area is 131 Å². The Morgan fingerprint density at radius 1 is 1.00 bits per heavy atom. The van der Waals surface area contributed by atoms with Crippen molar-refractivity contribution in [1.82, 2.24) is 4.90 Å². The van der Waals surface area contributed by atoms with Gasteiger partial charge in [0.1, 0.15) is 0 Å². The number of aryl methyl sites for hydroxylation is 2. The van der Waals surface area contributed by atoms with E-state index in [2.05, 4.69) is 0 Å². The molecule has 2 nitrogen and oxygen atoms in total. The highest BCUT2D eigenvalue weighted by Gasteiger charge is 2.19. The molecule has 0 aliphatic carbocycles. The van der Waals surface area contributed by atoms with Gasteiger partial charge in [-0.2, -0.15) is 0 Å². The average Bonchev–Trinajstić information content (AvgIpc) is 2.47. The van der Waals surface area contributed by atoms with E-state index >= 15 is 0 Å². The fraction of sp³-hybridized carbons (Fsp3) is 0.278. The number of benzene rings is 2. The topological polar surface area (TPSA) is 20.3 Å². The Balaban J connectivity index is 2.27. The average molecular weight is 302 g/mol. The highest BCUT2D eigenvalue weighted by Crippen LogP contribution is 2.17. The molecule has 0 N–H and O–H groups in total. The molecule has 1 amide bonds. The third kappa shape index (κ3) is 3.85. The van der Waals surface area contributed by atoms with Crippen molar-refractivity contribution in [3.05, 3.63) is 70.8 Å². The molecule has 2 rings (SSSR count). The van der Waals surface area contributed by atoms with Gasteiger partial charge in [-0.1, -0.05) is 48.5 Å². The van der Waals surface area contributed by atoms with Crippen LogP contribution in [-0.4, -0.2) is 23.2 Å². The monoisotopic (exact) mass is 301 g/mol. The zero-order chi connectivity index (χ0) is 15.2. The summed E-state index contributed by atoms with van der Waals surface area (Å²) in [5.41, 5.74) is 3.92. The quantitative estimate of drug-likeness (QED) is 0.759. The lowest BCUT2D eigenvalue weighted by molar-refractivity contribution is 0.0752. The van der Waals surface area contributed by atoms with Gasteiger partial charge < -0.3 is 4.90 Å². The van der Waals surface area contributed by atoms with Gasteiger partial charge >= 0.3 is 0 Å². The van der Waals surface area contributed by atoms with Gasteiger partial charge in [0.15, 0.2) is 0 Å². The predicted molar refractivity (Wildman–Crippen MR) is 87.8 cm³/mol. The van der Waals surface area contributed by atoms with Crippen LogP contribution >= 0.6 is 11.6 Å². The summed E-state index contributed by atoms with van der Waals surface area (Å²) in [5.74, 6) is 0.485. The standard InChI is InChI=1S/C18H20ClNO/c1-14-7-6-8-15(2)17(14)18(21)20(12-11-19)13-16-9-4-3-5-10-16/h3-10H,11-13H2,1-2H3. The van der Waals surface area contributed by atoms with Crippen LogP contribution in [-0.2, 0) is 6.54 Å². The van der Waals surface area contributed by atoms with E-state index in [-0.39, 0.29) is 5.91 Å². The van der Waals surface area contributed by atoms with Crippen LogP contribution < -0.4 is 0 Å². The first-order valence-corrected chi connectivity index (χ1v) is 7.62. The van der Waals surface area contributed by atoms with Crippen LogP contribution in [0.4, 0.5) is 0 Å². The second-order valence-corrected chi connectivity index (χ2v) is 5.55. The van der Waals surface area contributed by atoms with Gasteiger partial charge in [0.2, 0.25) is 0 Å². The molecule has 21 heavy (non-hydrogen) atoms. The van der Waals surface area contributed by atoms with E-state index in [0.29, 0.717) is 19.0 Å². The van der Waals surface area contributed by atoms with E-state index < -0.39 is 0 Å². The van der Waals surface area contributed by atoms with Gasteiger partial charge in [0.25, 0.3) is 5.91 Å². The highest BCUT2D eigenvalue weighted by molar-refractivity contribution is 6.18. The van der Waals surface area contributed by atoms with E-state index in [0.717, 1.165) is 22.3 Å². The maximum Gasteiger partial charge on any atom is 0.254 e. The first-order valence-electron chi connectivity index (χ1n) is 7.09. The van der Waals surface area contributed by atoms with E-state index in [1.807, 2.05) is 67.3 Å². The SMILES string of the molecule is Cc1cccc(C)c1C(=O)N(CCCl)Cc1ccccc1. The fourth-order valence-electron chi connectivity index (χ4n) is 2.47. The van der Waals surface area contributed by atoms with Crippen molar-refractivity contribution in [3.63, 3.8) is 0 Å². The van der Waals surface area contributed by atoms with E-state index in [9.17, 15) is 4.79 Å². The molecule has 110 valence electrons. The fourth-order valence-corrected chi connectivity index (χ4v) is 2.67. The lowest BCUT2D eigenvalue weighted by Gasteiger charge is -2.23. The van der Waals surface area contributed by atoms with Crippen molar-refractivity contribution in [3.8, 4) is 0 Å². The largest absolute Gasteiger partial charge is 0.333 e. The van der Waals surface area contributed by atoms with Crippen molar-refractivity contribution < 1.29 is 4.79 Å². The van der Waals surface area contributed by atoms with Gasteiger partial charge in [-0.3, -0.25) is 4.79 Å². The number of nitrogens with zero attached hydrogens (tertiary/aromatic N) is 1. The second kappa shape index (κ2) is 7.28. The summed E-state index contributed by atoms with van der Waals surface area (Å²) in [6, 6.07) is 15.9. The summed E-state index contributed by atoms with van der Waals surface area (Å²) in [6.07, 6.45) is 0.